The number of benzene rings is 2. The van der Waals surface area contributed by atoms with Crippen LogP contribution in [0.25, 0.3) is 21.6 Å². The van der Waals surface area contributed by atoms with Crippen LogP contribution in [0.3, 0.4) is 0 Å². The minimum atomic E-state index is -4.97. The zero-order chi connectivity index (χ0) is 21.9. The predicted octanol–water partition coefficient (Wildman–Crippen LogP) is 0.355. The van der Waals surface area contributed by atoms with Crippen molar-refractivity contribution < 1.29 is 65.7 Å². The van der Waals surface area contributed by atoms with Gasteiger partial charge in [0.2, 0.25) is 5.75 Å². The molecule has 0 saturated carbocycles. The fraction of sp³-hybridized carbons (Fsp3) is 0.211. The van der Waals surface area contributed by atoms with Gasteiger partial charge in [-0.25, -0.2) is 8.42 Å². The van der Waals surface area contributed by atoms with Crippen molar-refractivity contribution in [1.29, 1.82) is 0 Å². The molecule has 0 unspecified atom stereocenters. The summed E-state index contributed by atoms with van der Waals surface area (Å²) >= 11 is 1.22. The van der Waals surface area contributed by atoms with Crippen LogP contribution in [0.4, 0.5) is 0 Å². The molecule has 1 heterocycles. The molecule has 2 aromatic carbocycles. The largest absolute Gasteiger partial charge is 1.00 e. The Morgan fingerprint density at radius 1 is 0.839 bits per heavy atom. The van der Waals surface area contributed by atoms with Gasteiger partial charge in [-0.3, -0.25) is 0 Å². The van der Waals surface area contributed by atoms with Crippen molar-refractivity contribution in [1.82, 2.24) is 4.37 Å². The molecule has 1 aromatic heterocycles. The molecular formula is C19H18NNaO8S2. The van der Waals surface area contributed by atoms with Crippen LogP contribution in [0.5, 0.6) is 28.7 Å². The van der Waals surface area contributed by atoms with E-state index in [-0.39, 0.29) is 41.1 Å². The van der Waals surface area contributed by atoms with E-state index in [9.17, 15) is 13.0 Å². The van der Waals surface area contributed by atoms with Crippen molar-refractivity contribution in [2.75, 3.05) is 28.4 Å². The Morgan fingerprint density at radius 2 is 1.42 bits per heavy atom. The number of ether oxygens (including phenoxy) is 4. The molecular weight excluding hydrogens is 457 g/mol. The van der Waals surface area contributed by atoms with E-state index in [1.54, 1.807) is 24.4 Å². The molecule has 0 N–H and O–H groups in total. The third-order valence-corrected chi connectivity index (χ3v) is 5.40. The molecule has 160 valence electrons. The van der Waals surface area contributed by atoms with Crippen LogP contribution in [0.15, 0.2) is 36.5 Å². The van der Waals surface area contributed by atoms with Gasteiger partial charge in [0.15, 0.2) is 23.0 Å². The van der Waals surface area contributed by atoms with E-state index < -0.39 is 10.4 Å². The normalized spacial score (nSPS) is 10.7. The second kappa shape index (κ2) is 10.5. The van der Waals surface area contributed by atoms with Gasteiger partial charge in [0.05, 0.1) is 33.3 Å². The van der Waals surface area contributed by atoms with Gasteiger partial charge >= 0.3 is 29.6 Å². The van der Waals surface area contributed by atoms with Crippen molar-refractivity contribution >= 4 is 21.9 Å². The second-order valence-electron chi connectivity index (χ2n) is 5.84. The molecule has 0 aliphatic heterocycles. The molecule has 0 aliphatic rings. The van der Waals surface area contributed by atoms with E-state index in [1.165, 1.54) is 52.1 Å². The fourth-order valence-electron chi connectivity index (χ4n) is 2.88. The molecule has 0 amide bonds. The Kier molecular flexibility index (Phi) is 8.57. The summed E-state index contributed by atoms with van der Waals surface area (Å²) in [5, 5.41) is 0. The van der Waals surface area contributed by atoms with Gasteiger partial charge in [0, 0.05) is 17.3 Å². The SMILES string of the molecule is COc1ccc(-c2cnsc2-c2cc(OC)c(OC)c(OC)c2)cc1OS(=O)(=O)[O-].[Na+]. The summed E-state index contributed by atoms with van der Waals surface area (Å²) in [6.45, 7) is 0. The summed E-state index contributed by atoms with van der Waals surface area (Å²) < 4.78 is 63.2. The maximum atomic E-state index is 11.1. The van der Waals surface area contributed by atoms with E-state index >= 15 is 0 Å². The summed E-state index contributed by atoms with van der Waals surface area (Å²) in [6.07, 6.45) is 1.63. The maximum Gasteiger partial charge on any atom is 1.00 e. The Bertz CT molecular complexity index is 1140. The first-order chi connectivity index (χ1) is 14.3. The average molecular weight is 475 g/mol. The summed E-state index contributed by atoms with van der Waals surface area (Å²) in [5.41, 5.74) is 2.01. The Hall–Kier alpha value is -2.02. The minimum absolute atomic E-state index is 0. The molecule has 0 radical (unpaired) electrons. The fourth-order valence-corrected chi connectivity index (χ4v) is 3.99. The molecule has 0 spiro atoms. The molecule has 9 nitrogen and oxygen atoms in total. The zero-order valence-electron chi connectivity index (χ0n) is 17.5. The van der Waals surface area contributed by atoms with Crippen molar-refractivity contribution in [3.8, 4) is 50.3 Å². The Balaban J connectivity index is 0.00000341. The molecule has 3 rings (SSSR count). The van der Waals surface area contributed by atoms with E-state index in [0.717, 1.165) is 10.4 Å². The Morgan fingerprint density at radius 3 is 1.94 bits per heavy atom. The number of hydrogen-bond donors (Lipinski definition) is 0. The van der Waals surface area contributed by atoms with Crippen LogP contribution in [-0.2, 0) is 10.4 Å². The van der Waals surface area contributed by atoms with Gasteiger partial charge in [-0.05, 0) is 41.4 Å². The van der Waals surface area contributed by atoms with Crippen molar-refractivity contribution in [3.05, 3.63) is 36.5 Å². The van der Waals surface area contributed by atoms with Crippen molar-refractivity contribution in [2.45, 2.75) is 0 Å². The standard InChI is InChI=1S/C19H19NO8S2.Na/c1-24-14-6-5-11(7-15(14)28-30(21,22)23)13-10-20-29-19(13)12-8-16(25-2)18(27-4)17(9-12)26-3;/h5-10H,1-4H3,(H,21,22,23);/q;+1/p-1. The van der Waals surface area contributed by atoms with Crippen LogP contribution < -0.4 is 52.7 Å². The number of methoxy groups -OCH3 is 4. The second-order valence-corrected chi connectivity index (χ2v) is 7.62. The molecule has 31 heavy (non-hydrogen) atoms. The van der Waals surface area contributed by atoms with Crippen LogP contribution in [0, 0.1) is 0 Å². The van der Waals surface area contributed by atoms with Gasteiger partial charge in [0.25, 0.3) is 10.4 Å². The van der Waals surface area contributed by atoms with Gasteiger partial charge < -0.3 is 27.7 Å². The van der Waals surface area contributed by atoms with Crippen LogP contribution in [-0.4, -0.2) is 45.8 Å². The first-order valence-corrected chi connectivity index (χ1v) is 10.5. The van der Waals surface area contributed by atoms with Gasteiger partial charge in [-0.2, -0.15) is 4.37 Å². The summed E-state index contributed by atoms with van der Waals surface area (Å²) in [7, 11) is 0.920. The quantitative estimate of drug-likeness (QED) is 0.259. The molecule has 0 atom stereocenters. The average Bonchev–Trinajstić information content (AvgIpc) is 3.21. The molecule has 3 aromatic rings. The zero-order valence-corrected chi connectivity index (χ0v) is 21.1. The number of hydrogen-bond acceptors (Lipinski definition) is 10. The van der Waals surface area contributed by atoms with E-state index in [4.69, 9.17) is 18.9 Å². The van der Waals surface area contributed by atoms with Crippen molar-refractivity contribution in [3.63, 3.8) is 0 Å². The smallest absolute Gasteiger partial charge is 0.716 e. The topological polar surface area (TPSA) is 116 Å². The first-order valence-electron chi connectivity index (χ1n) is 8.40. The van der Waals surface area contributed by atoms with E-state index in [1.807, 2.05) is 0 Å². The van der Waals surface area contributed by atoms with Crippen LogP contribution in [0.1, 0.15) is 0 Å². The summed E-state index contributed by atoms with van der Waals surface area (Å²) in [4.78, 5) is 0.760. The van der Waals surface area contributed by atoms with Gasteiger partial charge in [-0.1, -0.05) is 6.07 Å². The predicted molar refractivity (Wildman–Crippen MR) is 110 cm³/mol. The monoisotopic (exact) mass is 475 g/mol. The number of aromatic nitrogens is 1. The van der Waals surface area contributed by atoms with E-state index in [0.29, 0.717) is 28.4 Å². The van der Waals surface area contributed by atoms with Crippen molar-refractivity contribution in [2.24, 2.45) is 0 Å². The molecule has 0 saturated heterocycles. The van der Waals surface area contributed by atoms with Crippen LogP contribution >= 0.6 is 11.5 Å². The molecule has 0 bridgehead atoms. The number of nitrogens with zero attached hydrogens (tertiary/aromatic N) is 1. The van der Waals surface area contributed by atoms with E-state index in [2.05, 4.69) is 8.56 Å². The third kappa shape index (κ3) is 5.62. The third-order valence-electron chi connectivity index (χ3n) is 4.16. The number of rotatable bonds is 8. The molecule has 0 fully saturated rings. The molecule has 12 heteroatoms. The van der Waals surface area contributed by atoms with Gasteiger partial charge in [0.1, 0.15) is 0 Å². The van der Waals surface area contributed by atoms with Crippen LogP contribution in [0.2, 0.25) is 0 Å². The Labute approximate surface area is 206 Å². The minimum Gasteiger partial charge on any atom is -0.716 e. The summed E-state index contributed by atoms with van der Waals surface area (Å²) in [5.74, 6) is 1.29. The summed E-state index contributed by atoms with van der Waals surface area (Å²) in [6, 6.07) is 8.17. The maximum absolute atomic E-state index is 11.1. The van der Waals surface area contributed by atoms with Gasteiger partial charge in [-0.15, -0.1) is 0 Å². The first kappa shape index (κ1) is 25.2. The molecule has 0 aliphatic carbocycles.